The first-order valence-corrected chi connectivity index (χ1v) is 8.85. The zero-order valence-electron chi connectivity index (χ0n) is 14.4. The number of nitrogens with zero attached hydrogens (tertiary/aromatic N) is 2. The van der Waals surface area contributed by atoms with Crippen LogP contribution in [0.25, 0.3) is 16.5 Å². The number of nitrogens with one attached hydrogen (secondary N) is 2. The summed E-state index contributed by atoms with van der Waals surface area (Å²) in [4.78, 5) is 17.8. The molecule has 5 heteroatoms. The van der Waals surface area contributed by atoms with Crippen LogP contribution in [0.15, 0.2) is 42.6 Å². The standard InChI is InChI=1S/C20H22N4O/c1-2-5-15-12-19(23-22-15)20(25)24-10-8-14(9-11-24)17-13-21-18-7-4-3-6-16(17)18/h3-4,6-8,12-13,21H,2,5,9-11H2,1H3,(H,22,23). The Kier molecular flexibility index (Phi) is 4.14. The molecular formula is C20H22N4O. The molecule has 2 aromatic heterocycles. The van der Waals surface area contributed by atoms with Crippen molar-refractivity contribution in [2.24, 2.45) is 0 Å². The van der Waals surface area contributed by atoms with Crippen LogP contribution in [0.4, 0.5) is 0 Å². The number of fused-ring (bicyclic) bond motifs is 1. The van der Waals surface area contributed by atoms with Gasteiger partial charge in [-0.1, -0.05) is 37.6 Å². The number of carbonyl (C=O) groups is 1. The second-order valence-electron chi connectivity index (χ2n) is 6.51. The number of hydrogen-bond donors (Lipinski definition) is 2. The molecule has 0 saturated carbocycles. The zero-order valence-corrected chi connectivity index (χ0v) is 14.4. The van der Waals surface area contributed by atoms with E-state index in [9.17, 15) is 4.79 Å². The predicted octanol–water partition coefficient (Wildman–Crippen LogP) is 3.77. The van der Waals surface area contributed by atoms with Crippen molar-refractivity contribution in [2.45, 2.75) is 26.2 Å². The van der Waals surface area contributed by atoms with Crippen LogP contribution in [-0.2, 0) is 6.42 Å². The van der Waals surface area contributed by atoms with Gasteiger partial charge in [0.05, 0.1) is 0 Å². The van der Waals surface area contributed by atoms with Crippen molar-refractivity contribution in [2.75, 3.05) is 13.1 Å². The van der Waals surface area contributed by atoms with Crippen LogP contribution in [0.1, 0.15) is 41.5 Å². The first-order valence-electron chi connectivity index (χ1n) is 8.85. The topological polar surface area (TPSA) is 64.8 Å². The van der Waals surface area contributed by atoms with E-state index in [1.165, 1.54) is 16.5 Å². The molecule has 0 spiro atoms. The number of rotatable bonds is 4. The Bertz CT molecular complexity index is 934. The number of aromatic nitrogens is 3. The lowest BCUT2D eigenvalue weighted by Gasteiger charge is -2.25. The summed E-state index contributed by atoms with van der Waals surface area (Å²) in [5.74, 6) is 0.00725. The van der Waals surface area contributed by atoms with Crippen molar-refractivity contribution >= 4 is 22.4 Å². The van der Waals surface area contributed by atoms with Crippen LogP contribution in [0.5, 0.6) is 0 Å². The molecule has 3 heterocycles. The van der Waals surface area contributed by atoms with E-state index < -0.39 is 0 Å². The van der Waals surface area contributed by atoms with Gasteiger partial charge in [0.1, 0.15) is 5.69 Å². The van der Waals surface area contributed by atoms with Gasteiger partial charge in [0, 0.05) is 41.4 Å². The monoisotopic (exact) mass is 334 g/mol. The quantitative estimate of drug-likeness (QED) is 0.763. The van der Waals surface area contributed by atoms with Crippen LogP contribution in [0.3, 0.4) is 0 Å². The number of amides is 1. The molecule has 128 valence electrons. The van der Waals surface area contributed by atoms with E-state index in [1.807, 2.05) is 17.0 Å². The van der Waals surface area contributed by atoms with Crippen LogP contribution in [0, 0.1) is 0 Å². The lowest BCUT2D eigenvalue weighted by atomic mass is 9.99. The minimum atomic E-state index is 0.00725. The lowest BCUT2D eigenvalue weighted by Crippen LogP contribution is -2.34. The first-order chi connectivity index (χ1) is 12.3. The van der Waals surface area contributed by atoms with Gasteiger partial charge in [-0.15, -0.1) is 0 Å². The third kappa shape index (κ3) is 2.97. The van der Waals surface area contributed by atoms with Crippen molar-refractivity contribution in [3.8, 4) is 0 Å². The van der Waals surface area contributed by atoms with Gasteiger partial charge >= 0.3 is 0 Å². The highest BCUT2D eigenvalue weighted by molar-refractivity contribution is 5.95. The molecule has 0 unspecified atom stereocenters. The summed E-state index contributed by atoms with van der Waals surface area (Å²) in [5, 5.41) is 8.38. The fourth-order valence-electron chi connectivity index (χ4n) is 3.47. The molecule has 0 aliphatic carbocycles. The third-order valence-electron chi connectivity index (χ3n) is 4.80. The molecular weight excluding hydrogens is 312 g/mol. The summed E-state index contributed by atoms with van der Waals surface area (Å²) in [5.41, 5.74) is 5.24. The summed E-state index contributed by atoms with van der Waals surface area (Å²) in [6, 6.07) is 10.2. The average Bonchev–Trinajstić information content (AvgIpc) is 3.29. The van der Waals surface area contributed by atoms with Crippen LogP contribution in [0.2, 0.25) is 0 Å². The molecule has 1 amide bonds. The van der Waals surface area contributed by atoms with Crippen molar-refractivity contribution < 1.29 is 4.79 Å². The molecule has 0 atom stereocenters. The highest BCUT2D eigenvalue weighted by atomic mass is 16.2. The fraction of sp³-hybridized carbons (Fsp3) is 0.300. The van der Waals surface area contributed by atoms with E-state index in [2.05, 4.69) is 52.6 Å². The van der Waals surface area contributed by atoms with Crippen molar-refractivity contribution in [1.82, 2.24) is 20.1 Å². The molecule has 0 radical (unpaired) electrons. The van der Waals surface area contributed by atoms with E-state index in [1.54, 1.807) is 0 Å². The fourth-order valence-corrected chi connectivity index (χ4v) is 3.47. The minimum absolute atomic E-state index is 0.00725. The van der Waals surface area contributed by atoms with Crippen molar-refractivity contribution in [3.63, 3.8) is 0 Å². The Morgan fingerprint density at radius 2 is 2.20 bits per heavy atom. The van der Waals surface area contributed by atoms with E-state index in [-0.39, 0.29) is 5.91 Å². The highest BCUT2D eigenvalue weighted by Gasteiger charge is 2.22. The lowest BCUT2D eigenvalue weighted by molar-refractivity contribution is 0.0767. The first kappa shape index (κ1) is 15.7. The molecule has 5 nitrogen and oxygen atoms in total. The SMILES string of the molecule is CCCc1cc(C(=O)N2CC=C(c3c[nH]c4ccccc34)CC2)n[nH]1. The van der Waals surface area contributed by atoms with Crippen molar-refractivity contribution in [3.05, 3.63) is 59.6 Å². The maximum absolute atomic E-state index is 12.6. The van der Waals surface area contributed by atoms with Gasteiger partial charge in [0.25, 0.3) is 5.91 Å². The van der Waals surface area contributed by atoms with E-state index in [4.69, 9.17) is 0 Å². The summed E-state index contributed by atoms with van der Waals surface area (Å²) < 4.78 is 0. The van der Waals surface area contributed by atoms with E-state index in [0.717, 1.165) is 37.0 Å². The minimum Gasteiger partial charge on any atom is -0.361 e. The highest BCUT2D eigenvalue weighted by Crippen LogP contribution is 2.29. The molecule has 2 N–H and O–H groups in total. The van der Waals surface area contributed by atoms with Crippen molar-refractivity contribution in [1.29, 1.82) is 0 Å². The second-order valence-corrected chi connectivity index (χ2v) is 6.51. The van der Waals surface area contributed by atoms with Gasteiger partial charge in [-0.05, 0) is 30.5 Å². The number of benzene rings is 1. The maximum atomic E-state index is 12.6. The molecule has 1 aliphatic heterocycles. The zero-order chi connectivity index (χ0) is 17.2. The van der Waals surface area contributed by atoms with Crippen LogP contribution >= 0.6 is 0 Å². The Labute approximate surface area is 146 Å². The molecule has 25 heavy (non-hydrogen) atoms. The maximum Gasteiger partial charge on any atom is 0.274 e. The Hall–Kier alpha value is -2.82. The van der Waals surface area contributed by atoms with Gasteiger partial charge < -0.3 is 9.88 Å². The van der Waals surface area contributed by atoms with Gasteiger partial charge in [-0.3, -0.25) is 9.89 Å². The molecule has 0 fully saturated rings. The van der Waals surface area contributed by atoms with Gasteiger partial charge in [-0.2, -0.15) is 5.10 Å². The molecule has 0 bridgehead atoms. The second kappa shape index (κ2) is 6.59. The van der Waals surface area contributed by atoms with Crippen LogP contribution in [-0.4, -0.2) is 39.1 Å². The van der Waals surface area contributed by atoms with Gasteiger partial charge in [-0.25, -0.2) is 0 Å². The molecule has 1 aromatic carbocycles. The Morgan fingerprint density at radius 1 is 1.32 bits per heavy atom. The smallest absolute Gasteiger partial charge is 0.274 e. The number of carbonyl (C=O) groups excluding carboxylic acids is 1. The normalized spacial score (nSPS) is 14.8. The Morgan fingerprint density at radius 3 is 3.00 bits per heavy atom. The number of H-pyrrole nitrogens is 2. The Balaban J connectivity index is 1.50. The summed E-state index contributed by atoms with van der Waals surface area (Å²) in [7, 11) is 0. The summed E-state index contributed by atoms with van der Waals surface area (Å²) >= 11 is 0. The van der Waals surface area contributed by atoms with E-state index in [0.29, 0.717) is 12.2 Å². The molecule has 0 saturated heterocycles. The molecule has 3 aromatic rings. The largest absolute Gasteiger partial charge is 0.361 e. The summed E-state index contributed by atoms with van der Waals surface area (Å²) in [6.45, 7) is 3.47. The third-order valence-corrected chi connectivity index (χ3v) is 4.80. The molecule has 1 aliphatic rings. The summed E-state index contributed by atoms with van der Waals surface area (Å²) in [6.07, 6.45) is 7.05. The van der Waals surface area contributed by atoms with Crippen LogP contribution < -0.4 is 0 Å². The number of para-hydroxylation sites is 1. The van der Waals surface area contributed by atoms with Gasteiger partial charge in [0.2, 0.25) is 0 Å². The van der Waals surface area contributed by atoms with E-state index >= 15 is 0 Å². The number of hydrogen-bond acceptors (Lipinski definition) is 2. The number of aryl methyl sites for hydroxylation is 1. The van der Waals surface area contributed by atoms with Gasteiger partial charge in [0.15, 0.2) is 0 Å². The average molecular weight is 334 g/mol. The predicted molar refractivity (Wildman–Crippen MR) is 99.4 cm³/mol. The number of aromatic amines is 2. The molecule has 4 rings (SSSR count).